The minimum atomic E-state index is -0.180. The van der Waals surface area contributed by atoms with Gasteiger partial charge >= 0.3 is 0 Å². The Hall–Kier alpha value is -1.36. The van der Waals surface area contributed by atoms with Crippen molar-refractivity contribution in [1.82, 2.24) is 20.4 Å². The van der Waals surface area contributed by atoms with Crippen LogP contribution in [0.2, 0.25) is 0 Å². The molecule has 0 saturated heterocycles. The van der Waals surface area contributed by atoms with Crippen LogP contribution < -0.4 is 10.6 Å². The first kappa shape index (κ1) is 11.7. The van der Waals surface area contributed by atoms with Crippen LogP contribution in [0.15, 0.2) is 18.5 Å². The van der Waals surface area contributed by atoms with Crippen molar-refractivity contribution in [2.24, 2.45) is 0 Å². The van der Waals surface area contributed by atoms with E-state index in [1.54, 1.807) is 13.2 Å². The molecule has 0 aromatic carbocycles. The van der Waals surface area contributed by atoms with Gasteiger partial charge in [0.1, 0.15) is 0 Å². The largest absolute Gasteiger partial charge is 0.358 e. The Morgan fingerprint density at radius 2 is 2.27 bits per heavy atom. The molecular weight excluding hydrogens is 192 g/mol. The van der Waals surface area contributed by atoms with Crippen molar-refractivity contribution < 1.29 is 4.79 Å². The fraction of sp³-hybridized carbons (Fsp3) is 0.600. The van der Waals surface area contributed by atoms with Crippen molar-refractivity contribution in [1.29, 1.82) is 0 Å². The maximum Gasteiger partial charge on any atom is 0.236 e. The summed E-state index contributed by atoms with van der Waals surface area (Å²) in [6.45, 7) is 4.63. The lowest BCUT2D eigenvalue weighted by atomic mass is 10.2. The van der Waals surface area contributed by atoms with Crippen molar-refractivity contribution in [3.05, 3.63) is 18.5 Å². The van der Waals surface area contributed by atoms with E-state index in [1.165, 1.54) is 0 Å². The lowest BCUT2D eigenvalue weighted by Gasteiger charge is -2.18. The average Bonchev–Trinajstić information content (AvgIpc) is 2.68. The van der Waals surface area contributed by atoms with Crippen molar-refractivity contribution in [3.63, 3.8) is 0 Å². The highest BCUT2D eigenvalue weighted by molar-refractivity contribution is 5.80. The van der Waals surface area contributed by atoms with Crippen LogP contribution >= 0.6 is 0 Å². The number of aromatic nitrogens is 2. The van der Waals surface area contributed by atoms with Gasteiger partial charge in [-0.3, -0.25) is 9.48 Å². The molecule has 0 fully saturated rings. The third kappa shape index (κ3) is 3.71. The van der Waals surface area contributed by atoms with E-state index in [4.69, 9.17) is 0 Å². The van der Waals surface area contributed by atoms with Crippen LogP contribution in [0.3, 0.4) is 0 Å². The standard InChI is InChI=1S/C10H18N4O/c1-8(7-14-6-4-5-12-14)13-9(2)10(15)11-3/h4-6,8-9,13H,7H2,1-3H3,(H,11,15). The molecule has 0 spiro atoms. The van der Waals surface area contributed by atoms with E-state index >= 15 is 0 Å². The van der Waals surface area contributed by atoms with E-state index < -0.39 is 0 Å². The predicted molar refractivity (Wildman–Crippen MR) is 58.4 cm³/mol. The summed E-state index contributed by atoms with van der Waals surface area (Å²) in [6.07, 6.45) is 3.65. The van der Waals surface area contributed by atoms with Crippen molar-refractivity contribution in [3.8, 4) is 0 Å². The number of hydrogen-bond acceptors (Lipinski definition) is 3. The van der Waals surface area contributed by atoms with Gasteiger partial charge in [-0.25, -0.2) is 0 Å². The molecule has 0 aliphatic rings. The number of carbonyl (C=O) groups excluding carboxylic acids is 1. The normalized spacial score (nSPS) is 14.6. The minimum Gasteiger partial charge on any atom is -0.358 e. The van der Waals surface area contributed by atoms with Gasteiger partial charge in [0.15, 0.2) is 0 Å². The summed E-state index contributed by atoms with van der Waals surface area (Å²) >= 11 is 0. The summed E-state index contributed by atoms with van der Waals surface area (Å²) < 4.78 is 1.84. The molecule has 0 radical (unpaired) electrons. The Bertz CT molecular complexity index is 296. The lowest BCUT2D eigenvalue weighted by molar-refractivity contribution is -0.122. The van der Waals surface area contributed by atoms with Gasteiger partial charge in [-0.1, -0.05) is 0 Å². The van der Waals surface area contributed by atoms with Crippen LogP contribution in [-0.4, -0.2) is 34.8 Å². The average molecular weight is 210 g/mol. The molecule has 1 heterocycles. The van der Waals surface area contributed by atoms with Gasteiger partial charge in [0.05, 0.1) is 12.6 Å². The van der Waals surface area contributed by atoms with Gasteiger partial charge in [-0.15, -0.1) is 0 Å². The van der Waals surface area contributed by atoms with Gasteiger partial charge in [-0.05, 0) is 19.9 Å². The first-order chi connectivity index (χ1) is 7.13. The molecule has 1 aromatic heterocycles. The van der Waals surface area contributed by atoms with Gasteiger partial charge < -0.3 is 10.6 Å². The topological polar surface area (TPSA) is 59.0 Å². The second-order valence-electron chi connectivity index (χ2n) is 3.63. The zero-order chi connectivity index (χ0) is 11.3. The Morgan fingerprint density at radius 1 is 1.53 bits per heavy atom. The molecule has 15 heavy (non-hydrogen) atoms. The molecule has 1 rings (SSSR count). The minimum absolute atomic E-state index is 0.00214. The molecule has 5 nitrogen and oxygen atoms in total. The molecular formula is C10H18N4O. The molecule has 0 saturated carbocycles. The first-order valence-electron chi connectivity index (χ1n) is 5.08. The smallest absolute Gasteiger partial charge is 0.236 e. The van der Waals surface area contributed by atoms with E-state index in [9.17, 15) is 4.79 Å². The van der Waals surface area contributed by atoms with E-state index in [-0.39, 0.29) is 18.0 Å². The number of hydrogen-bond donors (Lipinski definition) is 2. The number of amides is 1. The highest BCUT2D eigenvalue weighted by Gasteiger charge is 2.13. The zero-order valence-corrected chi connectivity index (χ0v) is 9.40. The van der Waals surface area contributed by atoms with Gasteiger partial charge in [0.2, 0.25) is 5.91 Å². The van der Waals surface area contributed by atoms with Crippen LogP contribution in [-0.2, 0) is 11.3 Å². The molecule has 2 atom stereocenters. The molecule has 1 aromatic rings. The first-order valence-corrected chi connectivity index (χ1v) is 5.08. The zero-order valence-electron chi connectivity index (χ0n) is 9.40. The quantitative estimate of drug-likeness (QED) is 0.719. The van der Waals surface area contributed by atoms with Gasteiger partial charge in [0, 0.05) is 25.5 Å². The number of nitrogens with zero attached hydrogens (tertiary/aromatic N) is 2. The van der Waals surface area contributed by atoms with Crippen molar-refractivity contribution in [2.45, 2.75) is 32.5 Å². The van der Waals surface area contributed by atoms with Crippen LogP contribution in [0.4, 0.5) is 0 Å². The molecule has 0 bridgehead atoms. The molecule has 2 unspecified atom stereocenters. The van der Waals surface area contributed by atoms with Crippen LogP contribution in [0.1, 0.15) is 13.8 Å². The van der Waals surface area contributed by atoms with E-state index in [2.05, 4.69) is 15.7 Å². The number of likely N-dealkylation sites (N-methyl/N-ethyl adjacent to an activating group) is 1. The Balaban J connectivity index is 2.35. The fourth-order valence-corrected chi connectivity index (χ4v) is 1.46. The molecule has 0 aliphatic carbocycles. The summed E-state index contributed by atoms with van der Waals surface area (Å²) in [5.41, 5.74) is 0. The highest BCUT2D eigenvalue weighted by Crippen LogP contribution is 1.93. The second kappa shape index (κ2) is 5.50. The SMILES string of the molecule is CNC(=O)C(C)NC(C)Cn1cccn1. The summed E-state index contributed by atoms with van der Waals surface area (Å²) in [5.74, 6) is 0.00214. The Kier molecular flexibility index (Phi) is 4.30. The predicted octanol–water partition coefficient (Wildman–Crippen LogP) is -0.00430. The van der Waals surface area contributed by atoms with Gasteiger partial charge in [0.25, 0.3) is 0 Å². The molecule has 2 N–H and O–H groups in total. The number of carbonyl (C=O) groups is 1. The Morgan fingerprint density at radius 3 is 2.80 bits per heavy atom. The third-order valence-electron chi connectivity index (χ3n) is 2.19. The number of rotatable bonds is 5. The van der Waals surface area contributed by atoms with Crippen LogP contribution in [0.5, 0.6) is 0 Å². The maximum absolute atomic E-state index is 11.3. The van der Waals surface area contributed by atoms with Crippen molar-refractivity contribution in [2.75, 3.05) is 7.05 Å². The van der Waals surface area contributed by atoms with Gasteiger partial charge in [-0.2, -0.15) is 5.10 Å². The van der Waals surface area contributed by atoms with Crippen LogP contribution in [0, 0.1) is 0 Å². The monoisotopic (exact) mass is 210 g/mol. The van der Waals surface area contributed by atoms with E-state index in [0.717, 1.165) is 6.54 Å². The lowest BCUT2D eigenvalue weighted by Crippen LogP contribution is -2.45. The third-order valence-corrected chi connectivity index (χ3v) is 2.19. The maximum atomic E-state index is 11.3. The highest BCUT2D eigenvalue weighted by atomic mass is 16.2. The van der Waals surface area contributed by atoms with Crippen LogP contribution in [0.25, 0.3) is 0 Å². The summed E-state index contributed by atoms with van der Waals surface area (Å²) in [6, 6.07) is 1.91. The van der Waals surface area contributed by atoms with E-state index in [1.807, 2.05) is 30.8 Å². The summed E-state index contributed by atoms with van der Waals surface area (Å²) in [7, 11) is 1.64. The molecule has 5 heteroatoms. The molecule has 0 aliphatic heterocycles. The Labute approximate surface area is 89.9 Å². The second-order valence-corrected chi connectivity index (χ2v) is 3.63. The fourth-order valence-electron chi connectivity index (χ4n) is 1.46. The molecule has 1 amide bonds. The van der Waals surface area contributed by atoms with E-state index in [0.29, 0.717) is 0 Å². The summed E-state index contributed by atoms with van der Waals surface area (Å²) in [4.78, 5) is 11.3. The summed E-state index contributed by atoms with van der Waals surface area (Å²) in [5, 5.41) is 9.91. The number of nitrogens with one attached hydrogen (secondary N) is 2. The molecule has 84 valence electrons. The van der Waals surface area contributed by atoms with Crippen molar-refractivity contribution >= 4 is 5.91 Å².